The highest BCUT2D eigenvalue weighted by Gasteiger charge is 2.28. The van der Waals surface area contributed by atoms with Gasteiger partial charge in [0.05, 0.1) is 13.1 Å². The Kier molecular flexibility index (Phi) is 4.73. The zero-order valence-corrected chi connectivity index (χ0v) is 10.3. The second kappa shape index (κ2) is 5.84. The fourth-order valence-electron chi connectivity index (χ4n) is 1.68. The van der Waals surface area contributed by atoms with Crippen molar-refractivity contribution in [2.24, 2.45) is 0 Å². The van der Waals surface area contributed by atoms with Gasteiger partial charge in [0.1, 0.15) is 0 Å². The molecule has 0 bridgehead atoms. The van der Waals surface area contributed by atoms with Crippen LogP contribution in [0.5, 0.6) is 0 Å². The molecule has 1 heterocycles. The smallest absolute Gasteiger partial charge is 0.242 e. The molecule has 0 atom stereocenters. The Morgan fingerprint density at radius 2 is 1.75 bits per heavy atom. The molecule has 2 amide bonds. The van der Waals surface area contributed by atoms with Gasteiger partial charge in [-0.2, -0.15) is 0 Å². The molecule has 16 heavy (non-hydrogen) atoms. The van der Waals surface area contributed by atoms with Crippen LogP contribution in [0.1, 0.15) is 20.8 Å². The lowest BCUT2D eigenvalue weighted by molar-refractivity contribution is -0.149. The molecule has 0 saturated carbocycles. The first-order valence-corrected chi connectivity index (χ1v) is 5.83. The number of hydrogen-bond acceptors (Lipinski definition) is 3. The Morgan fingerprint density at radius 1 is 1.19 bits per heavy atom. The molecule has 0 unspecified atom stereocenters. The van der Waals surface area contributed by atoms with E-state index in [-0.39, 0.29) is 24.9 Å². The van der Waals surface area contributed by atoms with E-state index < -0.39 is 0 Å². The van der Waals surface area contributed by atoms with Crippen LogP contribution in [-0.2, 0) is 9.59 Å². The van der Waals surface area contributed by atoms with Gasteiger partial charge in [0, 0.05) is 25.7 Å². The summed E-state index contributed by atoms with van der Waals surface area (Å²) >= 11 is 0. The third-order valence-corrected chi connectivity index (χ3v) is 2.67. The summed E-state index contributed by atoms with van der Waals surface area (Å²) in [7, 11) is 0. The van der Waals surface area contributed by atoms with Crippen molar-refractivity contribution in [2.45, 2.75) is 26.8 Å². The summed E-state index contributed by atoms with van der Waals surface area (Å²) in [5, 5.41) is 3.23. The van der Waals surface area contributed by atoms with E-state index in [0.717, 1.165) is 6.54 Å². The monoisotopic (exact) mass is 227 g/mol. The standard InChI is InChI=1S/C11H21N3O2/c1-4-13-7-11(16)14(8-10(13)15)6-5-12-9(2)3/h9,12H,4-8H2,1-3H3. The largest absolute Gasteiger partial charge is 0.332 e. The number of nitrogens with zero attached hydrogens (tertiary/aromatic N) is 2. The predicted molar refractivity (Wildman–Crippen MR) is 62.0 cm³/mol. The highest BCUT2D eigenvalue weighted by molar-refractivity contribution is 5.92. The molecule has 0 aromatic rings. The van der Waals surface area contributed by atoms with E-state index in [4.69, 9.17) is 0 Å². The van der Waals surface area contributed by atoms with Crippen molar-refractivity contribution >= 4 is 11.8 Å². The van der Waals surface area contributed by atoms with Crippen molar-refractivity contribution in [1.29, 1.82) is 0 Å². The fourth-order valence-corrected chi connectivity index (χ4v) is 1.68. The number of carbonyl (C=O) groups is 2. The maximum absolute atomic E-state index is 11.7. The van der Waals surface area contributed by atoms with Crippen molar-refractivity contribution in [3.05, 3.63) is 0 Å². The number of likely N-dealkylation sites (N-methyl/N-ethyl adjacent to an activating group) is 1. The summed E-state index contributed by atoms with van der Waals surface area (Å²) in [6.45, 7) is 8.43. The molecule has 0 aromatic heterocycles. The number of amides is 2. The van der Waals surface area contributed by atoms with Crippen molar-refractivity contribution in [3.8, 4) is 0 Å². The maximum atomic E-state index is 11.7. The van der Waals surface area contributed by atoms with Crippen LogP contribution < -0.4 is 5.32 Å². The van der Waals surface area contributed by atoms with E-state index in [2.05, 4.69) is 19.2 Å². The van der Waals surface area contributed by atoms with Crippen molar-refractivity contribution in [3.63, 3.8) is 0 Å². The Hall–Kier alpha value is -1.10. The van der Waals surface area contributed by atoms with E-state index in [1.165, 1.54) is 0 Å². The molecule has 1 N–H and O–H groups in total. The number of rotatable bonds is 5. The van der Waals surface area contributed by atoms with Crippen molar-refractivity contribution in [1.82, 2.24) is 15.1 Å². The van der Waals surface area contributed by atoms with Crippen molar-refractivity contribution < 1.29 is 9.59 Å². The molecule has 1 rings (SSSR count). The SMILES string of the molecule is CCN1CC(=O)N(CCNC(C)C)CC1=O. The molecular formula is C11H21N3O2. The molecule has 1 saturated heterocycles. The van der Waals surface area contributed by atoms with E-state index in [9.17, 15) is 9.59 Å². The van der Waals surface area contributed by atoms with Gasteiger partial charge >= 0.3 is 0 Å². The third kappa shape index (κ3) is 3.48. The molecule has 0 radical (unpaired) electrons. The van der Waals surface area contributed by atoms with Crippen LogP contribution >= 0.6 is 0 Å². The van der Waals surface area contributed by atoms with Gasteiger partial charge in [-0.1, -0.05) is 13.8 Å². The molecule has 5 heteroatoms. The van der Waals surface area contributed by atoms with E-state index >= 15 is 0 Å². The van der Waals surface area contributed by atoms with Gasteiger partial charge in [0.2, 0.25) is 11.8 Å². The molecular weight excluding hydrogens is 206 g/mol. The average Bonchev–Trinajstić information content (AvgIpc) is 2.22. The quantitative estimate of drug-likeness (QED) is 0.700. The first kappa shape index (κ1) is 13.0. The van der Waals surface area contributed by atoms with Gasteiger partial charge in [0.25, 0.3) is 0 Å². The normalized spacial score (nSPS) is 17.5. The first-order valence-electron chi connectivity index (χ1n) is 5.83. The second-order valence-corrected chi connectivity index (χ2v) is 4.33. The summed E-state index contributed by atoms with van der Waals surface area (Å²) in [4.78, 5) is 26.5. The molecule has 0 aromatic carbocycles. The molecule has 1 fully saturated rings. The van der Waals surface area contributed by atoms with Gasteiger partial charge in [-0.3, -0.25) is 9.59 Å². The zero-order valence-electron chi connectivity index (χ0n) is 10.3. The molecule has 1 aliphatic rings. The third-order valence-electron chi connectivity index (χ3n) is 2.67. The average molecular weight is 227 g/mol. The summed E-state index contributed by atoms with van der Waals surface area (Å²) in [6, 6.07) is 0.405. The molecule has 0 aliphatic carbocycles. The lowest BCUT2D eigenvalue weighted by atomic mass is 10.3. The summed E-state index contributed by atoms with van der Waals surface area (Å²) in [5.41, 5.74) is 0. The van der Waals surface area contributed by atoms with Gasteiger partial charge in [-0.05, 0) is 6.92 Å². The molecule has 92 valence electrons. The predicted octanol–water partition coefficient (Wildman–Crippen LogP) is -0.325. The number of piperazine rings is 1. The van der Waals surface area contributed by atoms with Crippen LogP contribution in [0.15, 0.2) is 0 Å². The Bertz CT molecular complexity index is 266. The minimum Gasteiger partial charge on any atom is -0.332 e. The second-order valence-electron chi connectivity index (χ2n) is 4.33. The van der Waals surface area contributed by atoms with E-state index in [1.54, 1.807) is 9.80 Å². The van der Waals surface area contributed by atoms with Crippen LogP contribution in [0.25, 0.3) is 0 Å². The summed E-state index contributed by atoms with van der Waals surface area (Å²) in [5.74, 6) is 0.0960. The molecule has 1 aliphatic heterocycles. The van der Waals surface area contributed by atoms with Gasteiger partial charge < -0.3 is 15.1 Å². The minimum absolute atomic E-state index is 0.0478. The highest BCUT2D eigenvalue weighted by atomic mass is 16.2. The topological polar surface area (TPSA) is 52.7 Å². The van der Waals surface area contributed by atoms with Crippen molar-refractivity contribution in [2.75, 3.05) is 32.7 Å². The summed E-state index contributed by atoms with van der Waals surface area (Å²) < 4.78 is 0. The van der Waals surface area contributed by atoms with E-state index in [0.29, 0.717) is 19.1 Å². The van der Waals surface area contributed by atoms with Crippen LogP contribution in [0.3, 0.4) is 0 Å². The fraction of sp³-hybridized carbons (Fsp3) is 0.818. The van der Waals surface area contributed by atoms with Crippen LogP contribution in [0.4, 0.5) is 0 Å². The van der Waals surface area contributed by atoms with Gasteiger partial charge in [-0.15, -0.1) is 0 Å². The minimum atomic E-state index is 0.0478. The molecule has 5 nitrogen and oxygen atoms in total. The number of nitrogens with one attached hydrogen (secondary N) is 1. The van der Waals surface area contributed by atoms with Gasteiger partial charge in [-0.25, -0.2) is 0 Å². The lowest BCUT2D eigenvalue weighted by Crippen LogP contribution is -2.54. The van der Waals surface area contributed by atoms with Crippen LogP contribution in [0.2, 0.25) is 0 Å². The maximum Gasteiger partial charge on any atom is 0.242 e. The molecule has 0 spiro atoms. The zero-order chi connectivity index (χ0) is 12.1. The first-order chi connectivity index (χ1) is 7.54. The number of hydrogen-bond donors (Lipinski definition) is 1. The van der Waals surface area contributed by atoms with Crippen LogP contribution in [-0.4, -0.2) is 60.4 Å². The highest BCUT2D eigenvalue weighted by Crippen LogP contribution is 2.03. The number of carbonyl (C=O) groups excluding carboxylic acids is 2. The van der Waals surface area contributed by atoms with E-state index in [1.807, 2.05) is 6.92 Å². The summed E-state index contributed by atoms with van der Waals surface area (Å²) in [6.07, 6.45) is 0. The van der Waals surface area contributed by atoms with Gasteiger partial charge in [0.15, 0.2) is 0 Å². The Balaban J connectivity index is 2.38. The lowest BCUT2D eigenvalue weighted by Gasteiger charge is -2.33. The Labute approximate surface area is 96.8 Å². The Morgan fingerprint density at radius 3 is 2.31 bits per heavy atom. The van der Waals surface area contributed by atoms with Crippen LogP contribution in [0, 0.1) is 0 Å².